The highest BCUT2D eigenvalue weighted by atomic mass is 127. The second-order valence-corrected chi connectivity index (χ2v) is 14.0. The van der Waals surface area contributed by atoms with Crippen LogP contribution in [0.1, 0.15) is 56.7 Å². The maximum atomic E-state index is 13.4. The number of amidine groups is 1. The Bertz CT molecular complexity index is 1060. The standard InChI is InChI=1S/C19H22ClIN2O4S3/c1-17(2,3)27-16(24)22-15-19(7-5-8-19)30(25,26)11-18(4,23-15)14-13(20)10-12(29-14)6-9-28-21/h10H,5,7-8,11H2,1-4H3,(H,22,23,24)/t18-/m0/s1. The molecule has 0 aromatic carbocycles. The fourth-order valence-corrected chi connectivity index (χ4v) is 8.26. The number of carbonyl (C=O) groups is 1. The van der Waals surface area contributed by atoms with Gasteiger partial charge in [-0.15, -0.1) is 11.3 Å². The van der Waals surface area contributed by atoms with E-state index in [1.807, 2.05) is 0 Å². The van der Waals surface area contributed by atoms with E-state index in [4.69, 9.17) is 21.3 Å². The molecule has 1 aromatic rings. The van der Waals surface area contributed by atoms with Crippen molar-refractivity contribution < 1.29 is 17.9 Å². The number of hydrogen-bond acceptors (Lipinski definition) is 7. The molecule has 1 fully saturated rings. The summed E-state index contributed by atoms with van der Waals surface area (Å²) >= 11 is 9.86. The van der Waals surface area contributed by atoms with Crippen LogP contribution >= 0.6 is 53.1 Å². The largest absolute Gasteiger partial charge is 0.444 e. The van der Waals surface area contributed by atoms with Crippen molar-refractivity contribution in [2.24, 2.45) is 4.99 Å². The Labute approximate surface area is 202 Å². The van der Waals surface area contributed by atoms with Crippen molar-refractivity contribution in [1.82, 2.24) is 5.32 Å². The first-order chi connectivity index (χ1) is 13.8. The number of thiophene rings is 1. The van der Waals surface area contributed by atoms with E-state index in [9.17, 15) is 13.2 Å². The first-order valence-corrected chi connectivity index (χ1v) is 15.4. The number of amides is 1. The number of halogens is 2. The quantitative estimate of drug-likeness (QED) is 0.350. The minimum Gasteiger partial charge on any atom is -0.444 e. The molecule has 1 aromatic heterocycles. The summed E-state index contributed by atoms with van der Waals surface area (Å²) in [7, 11) is -2.24. The summed E-state index contributed by atoms with van der Waals surface area (Å²) in [5.41, 5.74) is -1.83. The molecule has 0 unspecified atom stereocenters. The fourth-order valence-electron chi connectivity index (χ4n) is 3.61. The summed E-state index contributed by atoms with van der Waals surface area (Å²) in [5.74, 6) is 2.97. The third-order valence-electron chi connectivity index (χ3n) is 5.03. The highest BCUT2D eigenvalue weighted by Gasteiger charge is 2.59. The van der Waals surface area contributed by atoms with Crippen molar-refractivity contribution >= 4 is 74.8 Å². The van der Waals surface area contributed by atoms with Gasteiger partial charge in [0, 0.05) is 21.2 Å². The summed E-state index contributed by atoms with van der Waals surface area (Å²) in [6.07, 6.45) is 0.914. The number of carbonyl (C=O) groups excluding carboxylic acids is 1. The molecule has 164 valence electrons. The van der Waals surface area contributed by atoms with Crippen molar-refractivity contribution in [3.05, 3.63) is 20.8 Å². The Morgan fingerprint density at radius 2 is 2.10 bits per heavy atom. The van der Waals surface area contributed by atoms with Gasteiger partial charge in [-0.3, -0.25) is 10.3 Å². The summed E-state index contributed by atoms with van der Waals surface area (Å²) in [5, 5.41) is 5.97. The van der Waals surface area contributed by atoms with Gasteiger partial charge < -0.3 is 4.74 Å². The minimum absolute atomic E-state index is 0.150. The van der Waals surface area contributed by atoms with Crippen molar-refractivity contribution in [2.45, 2.75) is 62.8 Å². The Morgan fingerprint density at radius 1 is 1.43 bits per heavy atom. The SMILES string of the molecule is CC(C)(C)OC(=O)NC1=N[C@](C)(c2sc(C#CSI)cc2Cl)CS(=O)(=O)C12CCC2. The average Bonchev–Trinajstić information content (AvgIpc) is 2.89. The third kappa shape index (κ3) is 4.65. The topological polar surface area (TPSA) is 84.8 Å². The number of alkyl carbamates (subject to hydrolysis) is 1. The first-order valence-electron chi connectivity index (χ1n) is 9.23. The van der Waals surface area contributed by atoms with Gasteiger partial charge in [0.2, 0.25) is 0 Å². The van der Waals surface area contributed by atoms with Gasteiger partial charge >= 0.3 is 6.09 Å². The summed E-state index contributed by atoms with van der Waals surface area (Å²) in [6.45, 7) is 6.97. The molecule has 1 saturated carbocycles. The maximum Gasteiger partial charge on any atom is 0.413 e. The fraction of sp³-hybridized carbons (Fsp3) is 0.579. The zero-order chi connectivity index (χ0) is 22.4. The smallest absolute Gasteiger partial charge is 0.413 e. The Hall–Kier alpha value is -0.480. The molecule has 1 N–H and O–H groups in total. The number of hydrogen-bond donors (Lipinski definition) is 1. The molecule has 1 amide bonds. The molecule has 30 heavy (non-hydrogen) atoms. The lowest BCUT2D eigenvalue weighted by atomic mass is 9.82. The highest BCUT2D eigenvalue weighted by Crippen LogP contribution is 2.49. The zero-order valence-electron chi connectivity index (χ0n) is 17.0. The van der Waals surface area contributed by atoms with Gasteiger partial charge in [-0.05, 0) is 73.1 Å². The zero-order valence-corrected chi connectivity index (χ0v) is 22.3. The van der Waals surface area contributed by atoms with Gasteiger partial charge in [-0.1, -0.05) is 11.6 Å². The van der Waals surface area contributed by atoms with E-state index in [2.05, 4.69) is 37.7 Å². The van der Waals surface area contributed by atoms with Crippen LogP contribution in [0.5, 0.6) is 0 Å². The number of nitrogens with one attached hydrogen (secondary N) is 1. The Balaban J connectivity index is 2.06. The molecular formula is C19H22ClIN2O4S3. The number of sulfone groups is 1. The average molecular weight is 601 g/mol. The van der Waals surface area contributed by atoms with Crippen molar-refractivity contribution in [3.63, 3.8) is 0 Å². The normalized spacial score (nSPS) is 24.3. The van der Waals surface area contributed by atoms with Gasteiger partial charge in [-0.25, -0.2) is 13.2 Å². The summed E-state index contributed by atoms with van der Waals surface area (Å²) < 4.78 is 31.0. The highest BCUT2D eigenvalue weighted by molar-refractivity contribution is 14.2. The molecule has 2 heterocycles. The van der Waals surface area contributed by atoms with Gasteiger partial charge in [-0.2, -0.15) is 0 Å². The van der Waals surface area contributed by atoms with E-state index in [-0.39, 0.29) is 11.6 Å². The molecule has 2 aliphatic rings. The van der Waals surface area contributed by atoms with Crippen molar-refractivity contribution in [3.8, 4) is 11.2 Å². The predicted octanol–water partition coefficient (Wildman–Crippen LogP) is 5.28. The number of nitrogens with zero attached hydrogens (tertiary/aromatic N) is 1. The maximum absolute atomic E-state index is 13.4. The molecule has 0 bridgehead atoms. The minimum atomic E-state index is -3.60. The van der Waals surface area contributed by atoms with E-state index in [0.29, 0.717) is 22.7 Å². The van der Waals surface area contributed by atoms with Gasteiger partial charge in [0.05, 0.1) is 20.5 Å². The molecule has 1 aliphatic carbocycles. The molecular weight excluding hydrogens is 579 g/mol. The summed E-state index contributed by atoms with van der Waals surface area (Å²) in [6, 6.07) is 1.73. The van der Waals surface area contributed by atoms with Crippen LogP contribution in [-0.2, 0) is 20.1 Å². The molecule has 1 spiro atoms. The van der Waals surface area contributed by atoms with Crippen LogP contribution < -0.4 is 5.32 Å². The van der Waals surface area contributed by atoms with E-state index < -0.39 is 31.8 Å². The number of ether oxygens (including phenoxy) is 1. The summed E-state index contributed by atoms with van der Waals surface area (Å²) in [4.78, 5) is 18.6. The van der Waals surface area contributed by atoms with Crippen LogP contribution in [0, 0.1) is 11.2 Å². The first kappa shape index (κ1) is 24.2. The van der Waals surface area contributed by atoms with E-state index in [0.717, 1.165) is 11.3 Å². The predicted molar refractivity (Wildman–Crippen MR) is 132 cm³/mol. The van der Waals surface area contributed by atoms with Crippen molar-refractivity contribution in [2.75, 3.05) is 5.75 Å². The Kier molecular flexibility index (Phi) is 6.82. The lowest BCUT2D eigenvalue weighted by molar-refractivity contribution is 0.0559. The molecule has 1 aliphatic heterocycles. The van der Waals surface area contributed by atoms with E-state index in [1.54, 1.807) is 33.8 Å². The second kappa shape index (κ2) is 8.46. The van der Waals surface area contributed by atoms with E-state index in [1.165, 1.54) is 20.3 Å². The van der Waals surface area contributed by atoms with Crippen LogP contribution in [0.25, 0.3) is 0 Å². The molecule has 3 rings (SSSR count). The number of rotatable bonds is 1. The van der Waals surface area contributed by atoms with Crippen LogP contribution in [0.4, 0.5) is 4.79 Å². The van der Waals surface area contributed by atoms with Crippen molar-refractivity contribution in [1.29, 1.82) is 0 Å². The molecule has 0 radical (unpaired) electrons. The van der Waals surface area contributed by atoms with Crippen LogP contribution in [0.2, 0.25) is 5.02 Å². The van der Waals surface area contributed by atoms with Gasteiger partial charge in [0.1, 0.15) is 21.7 Å². The van der Waals surface area contributed by atoms with E-state index >= 15 is 0 Å². The molecule has 0 saturated heterocycles. The van der Waals surface area contributed by atoms with Crippen LogP contribution in [-0.4, -0.2) is 36.4 Å². The lowest BCUT2D eigenvalue weighted by Gasteiger charge is -2.47. The lowest BCUT2D eigenvalue weighted by Crippen LogP contribution is -2.63. The van der Waals surface area contributed by atoms with Crippen LogP contribution in [0.15, 0.2) is 11.1 Å². The molecule has 11 heteroatoms. The monoisotopic (exact) mass is 600 g/mol. The van der Waals surface area contributed by atoms with Gasteiger partial charge in [0.15, 0.2) is 9.84 Å². The second-order valence-electron chi connectivity index (χ2n) is 8.56. The Morgan fingerprint density at radius 3 is 2.63 bits per heavy atom. The molecule has 1 atom stereocenters. The third-order valence-corrected chi connectivity index (χ3v) is 10.3. The number of aliphatic imine (C=N–C) groups is 1. The molecule has 6 nitrogen and oxygen atoms in total. The van der Waals surface area contributed by atoms with Crippen LogP contribution in [0.3, 0.4) is 0 Å². The van der Waals surface area contributed by atoms with Gasteiger partial charge in [0.25, 0.3) is 0 Å².